The summed E-state index contributed by atoms with van der Waals surface area (Å²) in [5.41, 5.74) is 1.75. The molecule has 102 valence electrons. The number of rotatable bonds is 5. The molecule has 0 bridgehead atoms. The molecule has 0 saturated heterocycles. The van der Waals surface area contributed by atoms with Crippen LogP contribution in [0.15, 0.2) is 39.0 Å². The molecule has 0 spiro atoms. The summed E-state index contributed by atoms with van der Waals surface area (Å²) in [6, 6.07) is 5.12. The van der Waals surface area contributed by atoms with Gasteiger partial charge in [0.05, 0.1) is 5.69 Å². The maximum absolute atomic E-state index is 13.3. The Kier molecular flexibility index (Phi) is 4.61. The van der Waals surface area contributed by atoms with Crippen molar-refractivity contribution in [3.05, 3.63) is 41.5 Å². The van der Waals surface area contributed by atoms with Crippen molar-refractivity contribution in [2.75, 3.05) is 0 Å². The van der Waals surface area contributed by atoms with Crippen molar-refractivity contribution >= 4 is 11.8 Å². The first-order chi connectivity index (χ1) is 9.04. The lowest BCUT2D eigenvalue weighted by atomic mass is 10.2. The molecular formula is C14H17FN2OS. The summed E-state index contributed by atoms with van der Waals surface area (Å²) in [6.45, 7) is 6.62. The number of aryl methyl sites for hydroxylation is 1. The second-order valence-electron chi connectivity index (χ2n) is 4.64. The number of hydrogen-bond acceptors (Lipinski definition) is 4. The second kappa shape index (κ2) is 6.21. The molecule has 1 aromatic carbocycles. The summed E-state index contributed by atoms with van der Waals surface area (Å²) in [6.07, 6.45) is 1.61. The van der Waals surface area contributed by atoms with Gasteiger partial charge in [0.25, 0.3) is 5.22 Å². The van der Waals surface area contributed by atoms with Crippen molar-refractivity contribution in [3.63, 3.8) is 0 Å². The molecule has 0 fully saturated rings. The minimum Gasteiger partial charge on any atom is -0.439 e. The quantitative estimate of drug-likeness (QED) is 0.904. The second-order valence-corrected chi connectivity index (χ2v) is 5.64. The number of nitrogens with zero attached hydrogens (tertiary/aromatic N) is 1. The third-order valence-electron chi connectivity index (χ3n) is 2.52. The van der Waals surface area contributed by atoms with Crippen LogP contribution < -0.4 is 5.32 Å². The van der Waals surface area contributed by atoms with E-state index in [1.807, 2.05) is 6.92 Å². The lowest BCUT2D eigenvalue weighted by Gasteiger charge is -2.11. The summed E-state index contributed by atoms with van der Waals surface area (Å²) >= 11 is 1.41. The average Bonchev–Trinajstić information content (AvgIpc) is 2.75. The van der Waals surface area contributed by atoms with Crippen LogP contribution >= 0.6 is 11.8 Å². The Morgan fingerprint density at radius 3 is 2.84 bits per heavy atom. The van der Waals surface area contributed by atoms with Gasteiger partial charge in [-0.1, -0.05) is 13.8 Å². The molecule has 1 N–H and O–H groups in total. The van der Waals surface area contributed by atoms with Gasteiger partial charge in [0, 0.05) is 17.5 Å². The first-order valence-electron chi connectivity index (χ1n) is 6.16. The maximum Gasteiger partial charge on any atom is 0.260 e. The summed E-state index contributed by atoms with van der Waals surface area (Å²) in [7, 11) is 0. The fourth-order valence-corrected chi connectivity index (χ4v) is 2.45. The van der Waals surface area contributed by atoms with Crippen LogP contribution in [0.25, 0.3) is 0 Å². The fourth-order valence-electron chi connectivity index (χ4n) is 1.57. The van der Waals surface area contributed by atoms with E-state index < -0.39 is 0 Å². The minimum atomic E-state index is -0.228. The molecule has 1 heterocycles. The fraction of sp³-hybridized carbons (Fsp3) is 0.357. The van der Waals surface area contributed by atoms with E-state index in [0.717, 1.165) is 16.2 Å². The molecule has 2 aromatic rings. The van der Waals surface area contributed by atoms with Gasteiger partial charge in [-0.05, 0) is 42.4 Å². The highest BCUT2D eigenvalue weighted by Crippen LogP contribution is 2.30. The first-order valence-corrected chi connectivity index (χ1v) is 6.98. The number of halogens is 1. The van der Waals surface area contributed by atoms with E-state index >= 15 is 0 Å². The first kappa shape index (κ1) is 14.1. The highest BCUT2D eigenvalue weighted by molar-refractivity contribution is 7.99. The van der Waals surface area contributed by atoms with Crippen molar-refractivity contribution in [2.24, 2.45) is 0 Å². The highest BCUT2D eigenvalue weighted by Gasteiger charge is 2.10. The maximum atomic E-state index is 13.3. The SMILES string of the molecule is Cc1coc(Sc2ccc(F)cc2CNC(C)C)n1. The summed E-state index contributed by atoms with van der Waals surface area (Å²) in [4.78, 5) is 5.20. The number of aromatic nitrogens is 1. The zero-order valence-corrected chi connectivity index (χ0v) is 12.1. The molecule has 0 aliphatic heterocycles. The van der Waals surface area contributed by atoms with Gasteiger partial charge in [-0.15, -0.1) is 0 Å². The van der Waals surface area contributed by atoms with Gasteiger partial charge in [-0.2, -0.15) is 0 Å². The third kappa shape index (κ3) is 4.08. The van der Waals surface area contributed by atoms with Gasteiger partial charge in [-0.3, -0.25) is 0 Å². The van der Waals surface area contributed by atoms with Crippen LogP contribution in [0.5, 0.6) is 0 Å². The number of hydrogen-bond donors (Lipinski definition) is 1. The molecule has 0 radical (unpaired) electrons. The lowest BCUT2D eigenvalue weighted by Crippen LogP contribution is -2.22. The van der Waals surface area contributed by atoms with Crippen molar-refractivity contribution in [1.82, 2.24) is 10.3 Å². The van der Waals surface area contributed by atoms with Crippen LogP contribution in [-0.2, 0) is 6.54 Å². The van der Waals surface area contributed by atoms with Gasteiger partial charge in [0.1, 0.15) is 12.1 Å². The van der Waals surface area contributed by atoms with Crippen LogP contribution in [0.2, 0.25) is 0 Å². The van der Waals surface area contributed by atoms with Gasteiger partial charge >= 0.3 is 0 Å². The topological polar surface area (TPSA) is 38.1 Å². The molecule has 5 heteroatoms. The Balaban J connectivity index is 2.18. The van der Waals surface area contributed by atoms with Gasteiger partial charge in [0.2, 0.25) is 0 Å². The molecule has 0 saturated carbocycles. The lowest BCUT2D eigenvalue weighted by molar-refractivity contribution is 0.454. The zero-order chi connectivity index (χ0) is 13.8. The van der Waals surface area contributed by atoms with E-state index in [-0.39, 0.29) is 5.82 Å². The Morgan fingerprint density at radius 2 is 2.21 bits per heavy atom. The van der Waals surface area contributed by atoms with Crippen LogP contribution in [0, 0.1) is 12.7 Å². The van der Waals surface area contributed by atoms with Crippen molar-refractivity contribution in [1.29, 1.82) is 0 Å². The monoisotopic (exact) mass is 280 g/mol. The molecule has 1 aromatic heterocycles. The smallest absolute Gasteiger partial charge is 0.260 e. The van der Waals surface area contributed by atoms with Gasteiger partial charge < -0.3 is 9.73 Å². The van der Waals surface area contributed by atoms with Crippen LogP contribution in [-0.4, -0.2) is 11.0 Å². The summed E-state index contributed by atoms with van der Waals surface area (Å²) in [5.74, 6) is -0.228. The van der Waals surface area contributed by atoms with Crippen LogP contribution in [0.4, 0.5) is 4.39 Å². The normalized spacial score (nSPS) is 11.2. The molecule has 0 unspecified atom stereocenters. The zero-order valence-electron chi connectivity index (χ0n) is 11.2. The predicted octanol–water partition coefficient (Wildman–Crippen LogP) is 3.77. The van der Waals surface area contributed by atoms with E-state index in [1.165, 1.54) is 17.8 Å². The Labute approximate surface area is 116 Å². The Hall–Kier alpha value is -1.33. The largest absolute Gasteiger partial charge is 0.439 e. The van der Waals surface area contributed by atoms with Crippen LogP contribution in [0.3, 0.4) is 0 Å². The van der Waals surface area contributed by atoms with Crippen molar-refractivity contribution < 1.29 is 8.81 Å². The van der Waals surface area contributed by atoms with Gasteiger partial charge in [-0.25, -0.2) is 9.37 Å². The van der Waals surface area contributed by atoms with Crippen LogP contribution in [0.1, 0.15) is 25.1 Å². The molecular weight excluding hydrogens is 263 g/mol. The summed E-state index contributed by atoms with van der Waals surface area (Å²) in [5, 5.41) is 3.87. The number of oxazole rings is 1. The number of nitrogens with one attached hydrogen (secondary N) is 1. The summed E-state index contributed by atoms with van der Waals surface area (Å²) < 4.78 is 18.7. The Bertz CT molecular complexity index is 554. The van der Waals surface area contributed by atoms with Gasteiger partial charge in [0.15, 0.2) is 0 Å². The number of benzene rings is 1. The standard InChI is InChI=1S/C14H17FN2OS/c1-9(2)16-7-11-6-12(15)4-5-13(11)19-14-17-10(3)8-18-14/h4-6,8-9,16H,7H2,1-3H3. The Morgan fingerprint density at radius 1 is 1.42 bits per heavy atom. The highest BCUT2D eigenvalue weighted by atomic mass is 32.2. The third-order valence-corrected chi connectivity index (χ3v) is 3.50. The molecule has 3 nitrogen and oxygen atoms in total. The molecule has 0 aliphatic rings. The van der Waals surface area contributed by atoms with E-state index in [9.17, 15) is 4.39 Å². The van der Waals surface area contributed by atoms with E-state index in [0.29, 0.717) is 17.8 Å². The molecule has 19 heavy (non-hydrogen) atoms. The van der Waals surface area contributed by atoms with E-state index in [2.05, 4.69) is 24.1 Å². The molecule has 2 rings (SSSR count). The van der Waals surface area contributed by atoms with E-state index in [1.54, 1.807) is 18.4 Å². The average molecular weight is 280 g/mol. The predicted molar refractivity (Wildman–Crippen MR) is 73.7 cm³/mol. The van der Waals surface area contributed by atoms with E-state index in [4.69, 9.17) is 4.42 Å². The van der Waals surface area contributed by atoms with Crippen molar-refractivity contribution in [2.45, 2.75) is 43.5 Å². The molecule has 0 amide bonds. The molecule has 0 atom stereocenters. The van der Waals surface area contributed by atoms with Crippen molar-refractivity contribution in [3.8, 4) is 0 Å². The molecule has 0 aliphatic carbocycles. The minimum absolute atomic E-state index is 0.228.